The lowest BCUT2D eigenvalue weighted by Gasteiger charge is -2.17. The monoisotopic (exact) mass is 388 g/mol. The first-order valence-electron chi connectivity index (χ1n) is 8.62. The second-order valence-electron chi connectivity index (χ2n) is 6.08. The topological polar surface area (TPSA) is 82.9 Å². The zero-order valence-corrected chi connectivity index (χ0v) is 15.6. The van der Waals surface area contributed by atoms with Gasteiger partial charge in [-0.3, -0.25) is 9.59 Å². The van der Waals surface area contributed by atoms with E-state index in [1.807, 2.05) is 36.4 Å². The zero-order chi connectivity index (χ0) is 19.3. The Morgan fingerprint density at radius 2 is 1.64 bits per heavy atom. The molecule has 4 rings (SSSR count). The number of hydrogen-bond donors (Lipinski definition) is 2. The van der Waals surface area contributed by atoms with Crippen LogP contribution in [0, 0.1) is 0 Å². The molecule has 3 aromatic rings. The van der Waals surface area contributed by atoms with Crippen molar-refractivity contribution in [2.24, 2.45) is 10.2 Å². The van der Waals surface area contributed by atoms with Gasteiger partial charge in [0, 0.05) is 16.1 Å². The van der Waals surface area contributed by atoms with Gasteiger partial charge < -0.3 is 10.6 Å². The van der Waals surface area contributed by atoms with Gasteiger partial charge in [0.2, 0.25) is 5.91 Å². The molecule has 1 aliphatic rings. The molecule has 1 heterocycles. The van der Waals surface area contributed by atoms with E-state index in [1.165, 1.54) is 11.8 Å². The Labute approximate surface area is 166 Å². The molecule has 0 radical (unpaired) electrons. The van der Waals surface area contributed by atoms with Crippen molar-refractivity contribution in [3.05, 3.63) is 78.4 Å². The minimum atomic E-state index is -0.244. The summed E-state index contributed by atoms with van der Waals surface area (Å²) < 4.78 is 0. The zero-order valence-electron chi connectivity index (χ0n) is 14.8. The van der Waals surface area contributed by atoms with E-state index >= 15 is 0 Å². The van der Waals surface area contributed by atoms with Crippen LogP contribution >= 0.6 is 11.8 Å². The number of carbonyl (C=O) groups excluding carboxylic acids is 2. The maximum Gasteiger partial charge on any atom is 0.255 e. The molecule has 0 aromatic heterocycles. The Balaban J connectivity index is 1.43. The first-order valence-corrected chi connectivity index (χ1v) is 9.61. The molecule has 6 nitrogen and oxygen atoms in total. The van der Waals surface area contributed by atoms with Crippen LogP contribution in [0.25, 0.3) is 0 Å². The molecular weight excluding hydrogens is 372 g/mol. The third-order valence-electron chi connectivity index (χ3n) is 4.04. The SMILES string of the molecule is O=C1CSc2ccc(C(=O)Nc3ccc(N=Nc4ccccc4)cc3)cc2N1. The fraction of sp³-hybridized carbons (Fsp3) is 0.0476. The van der Waals surface area contributed by atoms with E-state index in [1.54, 1.807) is 36.4 Å². The van der Waals surface area contributed by atoms with Crippen LogP contribution in [-0.2, 0) is 4.79 Å². The first-order chi connectivity index (χ1) is 13.7. The summed E-state index contributed by atoms with van der Waals surface area (Å²) in [5, 5.41) is 14.0. The Morgan fingerprint density at radius 1 is 0.929 bits per heavy atom. The Morgan fingerprint density at radius 3 is 2.39 bits per heavy atom. The van der Waals surface area contributed by atoms with Gasteiger partial charge in [-0.15, -0.1) is 11.8 Å². The Kier molecular flexibility index (Phi) is 5.16. The number of nitrogens with zero attached hydrogens (tertiary/aromatic N) is 2. The number of rotatable bonds is 4. The largest absolute Gasteiger partial charge is 0.324 e. The van der Waals surface area contributed by atoms with Crippen LogP contribution in [0.5, 0.6) is 0 Å². The van der Waals surface area contributed by atoms with Crippen molar-refractivity contribution < 1.29 is 9.59 Å². The van der Waals surface area contributed by atoms with Crippen molar-refractivity contribution in [2.75, 3.05) is 16.4 Å². The van der Waals surface area contributed by atoms with Gasteiger partial charge in [0.05, 0.1) is 22.8 Å². The maximum atomic E-state index is 12.5. The van der Waals surface area contributed by atoms with Crippen LogP contribution in [0.15, 0.2) is 87.9 Å². The van der Waals surface area contributed by atoms with Crippen LogP contribution in [0.4, 0.5) is 22.7 Å². The van der Waals surface area contributed by atoms with Crippen molar-refractivity contribution in [3.8, 4) is 0 Å². The van der Waals surface area contributed by atoms with Crippen molar-refractivity contribution in [1.29, 1.82) is 0 Å². The Bertz CT molecular complexity index is 1050. The van der Waals surface area contributed by atoms with E-state index in [9.17, 15) is 9.59 Å². The number of anilines is 2. The fourth-order valence-corrected chi connectivity index (χ4v) is 3.44. The van der Waals surface area contributed by atoms with Gasteiger partial charge in [0.15, 0.2) is 0 Å². The predicted octanol–water partition coefficient (Wildman–Crippen LogP) is 5.40. The number of benzene rings is 3. The predicted molar refractivity (Wildman–Crippen MR) is 111 cm³/mol. The van der Waals surface area contributed by atoms with E-state index in [4.69, 9.17) is 0 Å². The van der Waals surface area contributed by atoms with Crippen molar-refractivity contribution in [1.82, 2.24) is 0 Å². The lowest BCUT2D eigenvalue weighted by Crippen LogP contribution is -2.19. The van der Waals surface area contributed by atoms with Crippen LogP contribution in [-0.4, -0.2) is 17.6 Å². The van der Waals surface area contributed by atoms with E-state index in [0.717, 1.165) is 10.6 Å². The summed E-state index contributed by atoms with van der Waals surface area (Å²) >= 11 is 1.46. The van der Waals surface area contributed by atoms with Crippen molar-refractivity contribution >= 4 is 46.3 Å². The highest BCUT2D eigenvalue weighted by atomic mass is 32.2. The van der Waals surface area contributed by atoms with Crippen molar-refractivity contribution in [3.63, 3.8) is 0 Å². The molecule has 0 saturated heterocycles. The number of carbonyl (C=O) groups is 2. The summed E-state index contributed by atoms with van der Waals surface area (Å²) in [6, 6.07) is 21.9. The molecule has 0 bridgehead atoms. The van der Waals surface area contributed by atoms with Gasteiger partial charge in [0.1, 0.15) is 0 Å². The van der Waals surface area contributed by atoms with Gasteiger partial charge in [-0.1, -0.05) is 18.2 Å². The lowest BCUT2D eigenvalue weighted by molar-refractivity contribution is -0.113. The van der Waals surface area contributed by atoms with E-state index < -0.39 is 0 Å². The second kappa shape index (κ2) is 8.06. The molecule has 0 spiro atoms. The summed E-state index contributed by atoms with van der Waals surface area (Å²) in [6.45, 7) is 0. The smallest absolute Gasteiger partial charge is 0.255 e. The average molecular weight is 388 g/mol. The molecule has 0 unspecified atom stereocenters. The minimum absolute atomic E-state index is 0.0599. The highest BCUT2D eigenvalue weighted by Gasteiger charge is 2.17. The number of hydrogen-bond acceptors (Lipinski definition) is 5. The second-order valence-corrected chi connectivity index (χ2v) is 7.10. The highest BCUT2D eigenvalue weighted by Crippen LogP contribution is 2.32. The quantitative estimate of drug-likeness (QED) is 0.587. The lowest BCUT2D eigenvalue weighted by atomic mass is 10.1. The van der Waals surface area contributed by atoms with E-state index in [0.29, 0.717) is 28.4 Å². The molecule has 1 aliphatic heterocycles. The summed E-state index contributed by atoms with van der Waals surface area (Å²) in [5.74, 6) is 0.0913. The molecule has 28 heavy (non-hydrogen) atoms. The van der Waals surface area contributed by atoms with Crippen LogP contribution in [0.1, 0.15) is 10.4 Å². The number of fused-ring (bicyclic) bond motifs is 1. The Hall–Kier alpha value is -3.45. The molecule has 2 N–H and O–H groups in total. The molecule has 0 aliphatic carbocycles. The molecule has 138 valence electrons. The summed E-state index contributed by atoms with van der Waals surface area (Å²) in [4.78, 5) is 25.0. The van der Waals surface area contributed by atoms with Gasteiger partial charge in [0.25, 0.3) is 5.91 Å². The van der Waals surface area contributed by atoms with Crippen LogP contribution in [0.3, 0.4) is 0 Å². The average Bonchev–Trinajstić information content (AvgIpc) is 2.73. The number of thioether (sulfide) groups is 1. The third kappa shape index (κ3) is 4.27. The molecule has 7 heteroatoms. The van der Waals surface area contributed by atoms with Gasteiger partial charge in [-0.05, 0) is 54.6 Å². The minimum Gasteiger partial charge on any atom is -0.324 e. The molecule has 3 aromatic carbocycles. The number of azo groups is 1. The van der Waals surface area contributed by atoms with Crippen LogP contribution < -0.4 is 10.6 Å². The molecular formula is C21H16N4O2S. The first kappa shape index (κ1) is 17.9. The molecule has 0 fully saturated rings. The number of nitrogens with one attached hydrogen (secondary N) is 2. The standard InChI is InChI=1S/C21H16N4O2S/c26-20-13-28-19-11-6-14(12-18(19)23-20)21(27)22-15-7-9-17(10-8-15)25-24-16-4-2-1-3-5-16/h1-12H,13H2,(H,22,27)(H,23,26). The van der Waals surface area contributed by atoms with Crippen molar-refractivity contribution in [2.45, 2.75) is 4.90 Å². The van der Waals surface area contributed by atoms with Gasteiger partial charge in [-0.25, -0.2) is 0 Å². The number of amides is 2. The highest BCUT2D eigenvalue weighted by molar-refractivity contribution is 8.00. The van der Waals surface area contributed by atoms with Gasteiger partial charge in [-0.2, -0.15) is 10.2 Å². The third-order valence-corrected chi connectivity index (χ3v) is 5.11. The normalized spacial score (nSPS) is 13.1. The molecule has 0 atom stereocenters. The van der Waals surface area contributed by atoms with Crippen LogP contribution in [0.2, 0.25) is 0 Å². The van der Waals surface area contributed by atoms with E-state index in [2.05, 4.69) is 20.9 Å². The molecule has 0 saturated carbocycles. The summed E-state index contributed by atoms with van der Waals surface area (Å²) in [7, 11) is 0. The van der Waals surface area contributed by atoms with Gasteiger partial charge >= 0.3 is 0 Å². The maximum absolute atomic E-state index is 12.5. The summed E-state index contributed by atoms with van der Waals surface area (Å²) in [5.41, 5.74) is 3.27. The summed E-state index contributed by atoms with van der Waals surface area (Å²) in [6.07, 6.45) is 0. The molecule has 2 amide bonds. The van der Waals surface area contributed by atoms with E-state index in [-0.39, 0.29) is 11.8 Å². The fourth-order valence-electron chi connectivity index (χ4n) is 2.65.